The highest BCUT2D eigenvalue weighted by atomic mass is 16.2. The molecule has 2 rings (SSSR count). The minimum atomic E-state index is -0.509. The van der Waals surface area contributed by atoms with E-state index in [1.54, 1.807) is 36.4 Å². The second-order valence-corrected chi connectivity index (χ2v) is 3.80. The van der Waals surface area contributed by atoms with Crippen molar-refractivity contribution in [3.63, 3.8) is 0 Å². The van der Waals surface area contributed by atoms with Crippen molar-refractivity contribution in [1.82, 2.24) is 0 Å². The lowest BCUT2D eigenvalue weighted by Crippen LogP contribution is -2.10. The van der Waals surface area contributed by atoms with Crippen LogP contribution in [0, 0.1) is 0 Å². The van der Waals surface area contributed by atoms with Crippen molar-refractivity contribution in [2.45, 2.75) is 0 Å². The molecule has 0 N–H and O–H groups in total. The van der Waals surface area contributed by atoms with Gasteiger partial charge in [-0.25, -0.2) is 0 Å². The van der Waals surface area contributed by atoms with Crippen LogP contribution in [0.25, 0.3) is 6.08 Å². The Morgan fingerprint density at radius 2 is 1.33 bits per heavy atom. The van der Waals surface area contributed by atoms with Crippen molar-refractivity contribution in [2.24, 2.45) is 0 Å². The smallest absolute Gasteiger partial charge is 0.232 e. The third kappa shape index (κ3) is 3.01. The molecule has 0 aliphatic rings. The fraction of sp³-hybridized carbons (Fsp3) is 0. The average molecular weight is 236 g/mol. The second-order valence-electron chi connectivity index (χ2n) is 3.80. The summed E-state index contributed by atoms with van der Waals surface area (Å²) in [6.07, 6.45) is 2.95. The molecule has 2 aromatic carbocycles. The van der Waals surface area contributed by atoms with E-state index in [2.05, 4.69) is 0 Å². The molecule has 0 aliphatic heterocycles. The fourth-order valence-corrected chi connectivity index (χ4v) is 1.54. The molecule has 2 heteroatoms. The van der Waals surface area contributed by atoms with Gasteiger partial charge in [0, 0.05) is 5.56 Å². The second kappa shape index (κ2) is 5.73. The first-order valence-electron chi connectivity index (χ1n) is 5.64. The summed E-state index contributed by atoms with van der Waals surface area (Å²) >= 11 is 0. The van der Waals surface area contributed by atoms with E-state index in [-0.39, 0.29) is 0 Å². The maximum Gasteiger partial charge on any atom is 0.232 e. The molecule has 18 heavy (non-hydrogen) atoms. The van der Waals surface area contributed by atoms with E-state index < -0.39 is 11.6 Å². The zero-order valence-corrected chi connectivity index (χ0v) is 9.74. The molecule has 0 aliphatic carbocycles. The molecular formula is C16H12O2. The number of allylic oxidation sites excluding steroid dienone is 1. The van der Waals surface area contributed by atoms with Crippen LogP contribution in [-0.4, -0.2) is 11.6 Å². The molecule has 0 radical (unpaired) electrons. The number of rotatable bonds is 4. The monoisotopic (exact) mass is 236 g/mol. The van der Waals surface area contributed by atoms with Gasteiger partial charge in [-0.15, -0.1) is 0 Å². The molecule has 0 fully saturated rings. The van der Waals surface area contributed by atoms with Crippen LogP contribution in [-0.2, 0) is 4.79 Å². The predicted octanol–water partition coefficient (Wildman–Crippen LogP) is 3.15. The molecule has 2 aromatic rings. The van der Waals surface area contributed by atoms with Gasteiger partial charge in [0.2, 0.25) is 11.6 Å². The Hall–Kier alpha value is -2.48. The summed E-state index contributed by atoms with van der Waals surface area (Å²) in [4.78, 5) is 23.4. The largest absolute Gasteiger partial charge is 0.286 e. The van der Waals surface area contributed by atoms with E-state index in [1.807, 2.05) is 30.3 Å². The van der Waals surface area contributed by atoms with E-state index in [9.17, 15) is 9.59 Å². The molecule has 0 aromatic heterocycles. The number of benzene rings is 2. The van der Waals surface area contributed by atoms with Gasteiger partial charge in [0.25, 0.3) is 0 Å². The van der Waals surface area contributed by atoms with Crippen LogP contribution in [0.5, 0.6) is 0 Å². The van der Waals surface area contributed by atoms with Crippen LogP contribution >= 0.6 is 0 Å². The predicted molar refractivity (Wildman–Crippen MR) is 71.3 cm³/mol. The molecule has 2 nitrogen and oxygen atoms in total. The van der Waals surface area contributed by atoms with Crippen LogP contribution in [0.2, 0.25) is 0 Å². The number of hydrogen-bond acceptors (Lipinski definition) is 2. The molecule has 88 valence electrons. The first kappa shape index (κ1) is 12.0. The molecular weight excluding hydrogens is 224 g/mol. The van der Waals surface area contributed by atoms with Crippen LogP contribution < -0.4 is 0 Å². The van der Waals surface area contributed by atoms with Gasteiger partial charge < -0.3 is 0 Å². The summed E-state index contributed by atoms with van der Waals surface area (Å²) in [6.45, 7) is 0. The number of hydrogen-bond donors (Lipinski definition) is 0. The minimum Gasteiger partial charge on any atom is -0.286 e. The Labute approximate surface area is 106 Å². The van der Waals surface area contributed by atoms with E-state index in [4.69, 9.17) is 0 Å². The lowest BCUT2D eigenvalue weighted by atomic mass is 10.1. The number of Topliss-reactive ketones (excluding diaryl/α,β-unsaturated/α-hetero) is 1. The van der Waals surface area contributed by atoms with Crippen molar-refractivity contribution in [1.29, 1.82) is 0 Å². The molecule has 0 amide bonds. The van der Waals surface area contributed by atoms with Crippen molar-refractivity contribution in [3.05, 3.63) is 77.9 Å². The van der Waals surface area contributed by atoms with Crippen molar-refractivity contribution in [3.8, 4) is 0 Å². The Morgan fingerprint density at radius 3 is 1.94 bits per heavy atom. The highest BCUT2D eigenvalue weighted by molar-refractivity contribution is 6.48. The number of ketones is 2. The van der Waals surface area contributed by atoms with Gasteiger partial charge in [0.05, 0.1) is 0 Å². The summed E-state index contributed by atoms with van der Waals surface area (Å²) in [5.41, 5.74) is 1.31. The topological polar surface area (TPSA) is 34.1 Å². The summed E-state index contributed by atoms with van der Waals surface area (Å²) < 4.78 is 0. The Balaban J connectivity index is 2.09. The van der Waals surface area contributed by atoms with Crippen LogP contribution in [0.1, 0.15) is 15.9 Å². The quantitative estimate of drug-likeness (QED) is 0.464. The van der Waals surface area contributed by atoms with E-state index >= 15 is 0 Å². The van der Waals surface area contributed by atoms with Gasteiger partial charge in [-0.1, -0.05) is 66.7 Å². The molecule has 0 saturated heterocycles. The Morgan fingerprint density at radius 1 is 0.778 bits per heavy atom. The van der Waals surface area contributed by atoms with E-state index in [0.29, 0.717) is 5.56 Å². The van der Waals surface area contributed by atoms with Crippen molar-refractivity contribution < 1.29 is 9.59 Å². The van der Waals surface area contributed by atoms with Crippen LogP contribution in [0.4, 0.5) is 0 Å². The number of carbonyl (C=O) groups is 2. The Bertz CT molecular complexity index is 569. The van der Waals surface area contributed by atoms with E-state index in [1.165, 1.54) is 6.08 Å². The zero-order chi connectivity index (χ0) is 12.8. The molecule has 0 atom stereocenters. The highest BCUT2D eigenvalue weighted by Crippen LogP contribution is 2.04. The van der Waals surface area contributed by atoms with Crippen LogP contribution in [0.15, 0.2) is 66.7 Å². The molecule has 0 unspecified atom stereocenters. The minimum absolute atomic E-state index is 0.417. The lowest BCUT2D eigenvalue weighted by Gasteiger charge is -1.95. The zero-order valence-electron chi connectivity index (χ0n) is 9.74. The summed E-state index contributed by atoms with van der Waals surface area (Å²) in [7, 11) is 0. The maximum atomic E-state index is 11.8. The normalized spacial score (nSPS) is 10.4. The summed E-state index contributed by atoms with van der Waals surface area (Å²) in [5.74, 6) is -0.993. The fourth-order valence-electron chi connectivity index (χ4n) is 1.54. The first-order valence-corrected chi connectivity index (χ1v) is 5.64. The van der Waals surface area contributed by atoms with Gasteiger partial charge in [-0.05, 0) is 11.6 Å². The molecule has 0 spiro atoms. The standard InChI is InChI=1S/C16H12O2/c17-15(12-11-13-7-3-1-4-8-13)16(18)14-9-5-2-6-10-14/h1-12H/b12-11+. The van der Waals surface area contributed by atoms with Gasteiger partial charge in [-0.3, -0.25) is 9.59 Å². The third-order valence-corrected chi connectivity index (χ3v) is 2.49. The van der Waals surface area contributed by atoms with Gasteiger partial charge in [0.15, 0.2) is 0 Å². The lowest BCUT2D eigenvalue weighted by molar-refractivity contribution is -0.110. The SMILES string of the molecule is O=C(/C=C/c1ccccc1)C(=O)c1ccccc1. The Kier molecular flexibility index (Phi) is 3.82. The van der Waals surface area contributed by atoms with Gasteiger partial charge >= 0.3 is 0 Å². The van der Waals surface area contributed by atoms with Crippen LogP contribution in [0.3, 0.4) is 0 Å². The van der Waals surface area contributed by atoms with Gasteiger partial charge in [-0.2, -0.15) is 0 Å². The first-order chi connectivity index (χ1) is 8.77. The van der Waals surface area contributed by atoms with Crippen molar-refractivity contribution >= 4 is 17.6 Å². The summed E-state index contributed by atoms with van der Waals surface area (Å²) in [5, 5.41) is 0. The maximum absolute atomic E-state index is 11.8. The van der Waals surface area contributed by atoms with Crippen molar-refractivity contribution in [2.75, 3.05) is 0 Å². The molecule has 0 saturated carbocycles. The highest BCUT2D eigenvalue weighted by Gasteiger charge is 2.11. The van der Waals surface area contributed by atoms with E-state index in [0.717, 1.165) is 5.56 Å². The average Bonchev–Trinajstić information content (AvgIpc) is 2.46. The summed E-state index contributed by atoms with van der Waals surface area (Å²) in [6, 6.07) is 17.9. The third-order valence-electron chi connectivity index (χ3n) is 2.49. The van der Waals surface area contributed by atoms with Gasteiger partial charge in [0.1, 0.15) is 0 Å². The molecule has 0 heterocycles. The number of carbonyl (C=O) groups excluding carboxylic acids is 2. The molecule has 0 bridgehead atoms.